The van der Waals surface area contributed by atoms with Crippen molar-refractivity contribution in [3.05, 3.63) is 49.7 Å². The van der Waals surface area contributed by atoms with Crippen molar-refractivity contribution in [3.63, 3.8) is 0 Å². The normalized spacial score (nSPS) is 11.9. The van der Waals surface area contributed by atoms with Crippen molar-refractivity contribution >= 4 is 40.4 Å². The van der Waals surface area contributed by atoms with Gasteiger partial charge in [-0.15, -0.1) is 11.3 Å². The fourth-order valence-corrected chi connectivity index (χ4v) is 2.98. The van der Waals surface area contributed by atoms with Crippen LogP contribution in [0.3, 0.4) is 0 Å². The molecule has 0 spiro atoms. The number of halogens is 2. The Morgan fingerprint density at radius 3 is 2.90 bits per heavy atom. The van der Waals surface area contributed by atoms with E-state index in [0.717, 1.165) is 4.88 Å². The number of carbonyl (C=O) groups is 1. The first-order chi connectivity index (χ1) is 10.0. The van der Waals surface area contributed by atoms with Gasteiger partial charge in [0.15, 0.2) is 4.80 Å². The van der Waals surface area contributed by atoms with E-state index in [0.29, 0.717) is 33.6 Å². The van der Waals surface area contributed by atoms with Gasteiger partial charge in [0.1, 0.15) is 0 Å². The van der Waals surface area contributed by atoms with E-state index < -0.39 is 5.91 Å². The van der Waals surface area contributed by atoms with E-state index in [-0.39, 0.29) is 0 Å². The van der Waals surface area contributed by atoms with E-state index >= 15 is 0 Å². The van der Waals surface area contributed by atoms with Crippen LogP contribution < -0.4 is 4.80 Å². The average molecular weight is 345 g/mol. The molecule has 0 aliphatic rings. The summed E-state index contributed by atoms with van der Waals surface area (Å²) in [7, 11) is 1.63. The molecule has 1 aromatic heterocycles. The van der Waals surface area contributed by atoms with Gasteiger partial charge in [-0.1, -0.05) is 23.2 Å². The highest BCUT2D eigenvalue weighted by atomic mass is 35.5. The van der Waals surface area contributed by atoms with E-state index in [4.69, 9.17) is 27.9 Å². The summed E-state index contributed by atoms with van der Waals surface area (Å²) in [5.74, 6) is -0.407. The van der Waals surface area contributed by atoms with Crippen LogP contribution in [0.2, 0.25) is 10.0 Å². The molecule has 1 heterocycles. The van der Waals surface area contributed by atoms with E-state index in [1.807, 2.05) is 17.7 Å². The van der Waals surface area contributed by atoms with Crippen LogP contribution in [-0.4, -0.2) is 24.2 Å². The number of nitrogens with zero attached hydrogens (tertiary/aromatic N) is 2. The fraction of sp³-hybridized carbons (Fsp3) is 0.286. The van der Waals surface area contributed by atoms with Gasteiger partial charge in [0.05, 0.1) is 17.2 Å². The Hall–Kier alpha value is -1.14. The Morgan fingerprint density at radius 2 is 2.19 bits per heavy atom. The third-order valence-corrected chi connectivity index (χ3v) is 4.23. The zero-order valence-corrected chi connectivity index (χ0v) is 13.9. The second-order valence-corrected chi connectivity index (χ2v) is 6.41. The van der Waals surface area contributed by atoms with Crippen molar-refractivity contribution < 1.29 is 9.53 Å². The number of methoxy groups -OCH3 is 1. The van der Waals surface area contributed by atoms with Crippen LogP contribution in [0.4, 0.5) is 0 Å². The van der Waals surface area contributed by atoms with Gasteiger partial charge in [-0.3, -0.25) is 4.79 Å². The first-order valence-corrected chi connectivity index (χ1v) is 7.78. The van der Waals surface area contributed by atoms with Crippen molar-refractivity contribution in [1.82, 2.24) is 4.57 Å². The lowest BCUT2D eigenvalue weighted by Gasteiger charge is -2.02. The first-order valence-electron chi connectivity index (χ1n) is 6.21. The lowest BCUT2D eigenvalue weighted by atomic mass is 10.2. The molecule has 4 nitrogen and oxygen atoms in total. The average Bonchev–Trinajstić information content (AvgIpc) is 2.79. The second-order valence-electron chi connectivity index (χ2n) is 4.35. The molecule has 0 aliphatic heterocycles. The maximum atomic E-state index is 12.3. The highest BCUT2D eigenvalue weighted by Crippen LogP contribution is 2.21. The molecule has 0 saturated carbocycles. The Morgan fingerprint density at radius 1 is 1.43 bits per heavy atom. The molecule has 0 saturated heterocycles. The van der Waals surface area contributed by atoms with Crippen LogP contribution >= 0.6 is 34.5 Å². The predicted octanol–water partition coefficient (Wildman–Crippen LogP) is 3.55. The molecular weight excluding hydrogens is 331 g/mol. The molecule has 0 unspecified atom stereocenters. The quantitative estimate of drug-likeness (QED) is 0.851. The second kappa shape index (κ2) is 7.22. The Balaban J connectivity index is 2.39. The van der Waals surface area contributed by atoms with Gasteiger partial charge < -0.3 is 9.30 Å². The number of hydrogen-bond acceptors (Lipinski definition) is 3. The summed E-state index contributed by atoms with van der Waals surface area (Å²) in [6.07, 6.45) is 1.94. The summed E-state index contributed by atoms with van der Waals surface area (Å²) in [6, 6.07) is 4.75. The lowest BCUT2D eigenvalue weighted by Crippen LogP contribution is -2.18. The molecule has 21 heavy (non-hydrogen) atoms. The van der Waals surface area contributed by atoms with Crippen molar-refractivity contribution in [2.24, 2.45) is 4.99 Å². The third kappa shape index (κ3) is 4.17. The number of aryl methyl sites for hydroxylation is 1. The number of hydrogen-bond donors (Lipinski definition) is 0. The molecule has 112 valence electrons. The summed E-state index contributed by atoms with van der Waals surface area (Å²) in [4.78, 5) is 18.1. The molecule has 2 aromatic rings. The Kier molecular flexibility index (Phi) is 5.58. The molecule has 0 fully saturated rings. The predicted molar refractivity (Wildman–Crippen MR) is 85.3 cm³/mol. The molecule has 0 radical (unpaired) electrons. The number of benzene rings is 1. The standard InChI is InChI=1S/C14H14Cl2N2O2S/c1-9-8-18(5-6-20-2)14(21-9)17-13(19)11-7-10(15)3-4-12(11)16/h3-4,7-8H,5-6H2,1-2H3/b17-14-. The van der Waals surface area contributed by atoms with Gasteiger partial charge in [-0.25, -0.2) is 0 Å². The van der Waals surface area contributed by atoms with Gasteiger partial charge in [0.25, 0.3) is 5.91 Å². The summed E-state index contributed by atoms with van der Waals surface area (Å²) in [6.45, 7) is 3.15. The van der Waals surface area contributed by atoms with Crippen LogP contribution in [0.1, 0.15) is 15.2 Å². The van der Waals surface area contributed by atoms with E-state index in [1.54, 1.807) is 19.2 Å². The zero-order chi connectivity index (χ0) is 15.4. The maximum Gasteiger partial charge on any atom is 0.281 e. The van der Waals surface area contributed by atoms with Gasteiger partial charge >= 0.3 is 0 Å². The minimum Gasteiger partial charge on any atom is -0.383 e. The molecule has 1 aromatic carbocycles. The number of rotatable bonds is 4. The van der Waals surface area contributed by atoms with Gasteiger partial charge in [-0.2, -0.15) is 4.99 Å². The highest BCUT2D eigenvalue weighted by Gasteiger charge is 2.11. The van der Waals surface area contributed by atoms with Gasteiger partial charge in [0.2, 0.25) is 0 Å². The number of ether oxygens (including phenoxy) is 1. The van der Waals surface area contributed by atoms with E-state index in [1.165, 1.54) is 17.4 Å². The first kappa shape index (κ1) is 16.2. The van der Waals surface area contributed by atoms with Crippen molar-refractivity contribution in [2.45, 2.75) is 13.5 Å². The number of amides is 1. The molecular formula is C14H14Cl2N2O2S. The highest BCUT2D eigenvalue weighted by molar-refractivity contribution is 7.09. The summed E-state index contributed by atoms with van der Waals surface area (Å²) < 4.78 is 6.94. The number of carbonyl (C=O) groups excluding carboxylic acids is 1. The van der Waals surface area contributed by atoms with Crippen molar-refractivity contribution in [2.75, 3.05) is 13.7 Å². The number of aromatic nitrogens is 1. The fourth-order valence-electron chi connectivity index (χ4n) is 1.75. The Bertz CT molecular complexity index is 722. The lowest BCUT2D eigenvalue weighted by molar-refractivity contribution is 0.0997. The van der Waals surface area contributed by atoms with Crippen LogP contribution in [0.25, 0.3) is 0 Å². The van der Waals surface area contributed by atoms with Gasteiger partial charge in [-0.05, 0) is 25.1 Å². The molecule has 0 bridgehead atoms. The molecule has 7 heteroatoms. The molecule has 0 N–H and O–H groups in total. The molecule has 0 aliphatic carbocycles. The van der Waals surface area contributed by atoms with Crippen LogP contribution in [0.5, 0.6) is 0 Å². The largest absolute Gasteiger partial charge is 0.383 e. The molecule has 1 amide bonds. The number of thiazole rings is 1. The van der Waals surface area contributed by atoms with E-state index in [2.05, 4.69) is 4.99 Å². The van der Waals surface area contributed by atoms with Crippen molar-refractivity contribution in [3.8, 4) is 0 Å². The van der Waals surface area contributed by atoms with Crippen LogP contribution in [0, 0.1) is 6.92 Å². The van der Waals surface area contributed by atoms with Gasteiger partial charge in [0, 0.05) is 29.8 Å². The Labute approximate surface area is 136 Å². The summed E-state index contributed by atoms with van der Waals surface area (Å²) >= 11 is 13.4. The van der Waals surface area contributed by atoms with Crippen LogP contribution in [0.15, 0.2) is 29.4 Å². The smallest absolute Gasteiger partial charge is 0.281 e. The zero-order valence-electron chi connectivity index (χ0n) is 11.6. The summed E-state index contributed by atoms with van der Waals surface area (Å²) in [5.41, 5.74) is 0.300. The van der Waals surface area contributed by atoms with Crippen LogP contribution in [-0.2, 0) is 11.3 Å². The monoisotopic (exact) mass is 344 g/mol. The summed E-state index contributed by atoms with van der Waals surface area (Å²) in [5, 5.41) is 0.789. The van der Waals surface area contributed by atoms with E-state index in [9.17, 15) is 4.79 Å². The minimum atomic E-state index is -0.407. The molecule has 0 atom stereocenters. The van der Waals surface area contributed by atoms with Crippen molar-refractivity contribution in [1.29, 1.82) is 0 Å². The minimum absolute atomic E-state index is 0.300. The molecule has 2 rings (SSSR count). The topological polar surface area (TPSA) is 43.6 Å². The SMILES string of the molecule is COCCn1cc(C)s/c1=N\C(=O)c1cc(Cl)ccc1Cl. The third-order valence-electron chi connectivity index (χ3n) is 2.73. The maximum absolute atomic E-state index is 12.3.